The SMILES string of the molecule is CN[C@@H]1COc2c(S(=N)(=O)NC(=O)Nc3c4c(cc5c3C(C)CC5)CCC4)cnn2C1. The Labute approximate surface area is 182 Å². The van der Waals surface area contributed by atoms with Gasteiger partial charge in [-0.3, -0.25) is 0 Å². The number of benzene rings is 1. The van der Waals surface area contributed by atoms with Crippen molar-refractivity contribution >= 4 is 21.6 Å². The van der Waals surface area contributed by atoms with Crippen molar-refractivity contribution in [2.24, 2.45) is 0 Å². The summed E-state index contributed by atoms with van der Waals surface area (Å²) < 4.78 is 31.2. The maximum atomic E-state index is 13.2. The fraction of sp³-hybridized carbons (Fsp3) is 0.524. The number of amides is 2. The van der Waals surface area contributed by atoms with Crippen molar-refractivity contribution in [1.82, 2.24) is 19.8 Å². The average molecular weight is 445 g/mol. The number of rotatable bonds is 4. The van der Waals surface area contributed by atoms with E-state index in [0.29, 0.717) is 19.1 Å². The molecule has 0 bridgehead atoms. The summed E-state index contributed by atoms with van der Waals surface area (Å²) in [6.07, 6.45) is 6.46. The predicted octanol–water partition coefficient (Wildman–Crippen LogP) is 2.54. The molecule has 3 atom stereocenters. The van der Waals surface area contributed by atoms with Crippen LogP contribution in [0.2, 0.25) is 0 Å². The number of aromatic nitrogens is 2. The van der Waals surface area contributed by atoms with E-state index in [1.54, 1.807) is 4.68 Å². The Balaban J connectivity index is 1.40. The molecule has 1 aliphatic heterocycles. The number of carbonyl (C=O) groups is 1. The molecule has 0 saturated carbocycles. The van der Waals surface area contributed by atoms with E-state index in [1.807, 2.05) is 7.05 Å². The van der Waals surface area contributed by atoms with Gasteiger partial charge in [-0.05, 0) is 67.3 Å². The van der Waals surface area contributed by atoms with Crippen LogP contribution in [0.4, 0.5) is 10.5 Å². The molecule has 0 radical (unpaired) electrons. The monoisotopic (exact) mass is 444 g/mol. The Morgan fingerprint density at radius 2 is 2.16 bits per heavy atom. The molecule has 2 amide bonds. The summed E-state index contributed by atoms with van der Waals surface area (Å²) in [6.45, 7) is 3.11. The molecule has 1 aromatic carbocycles. The van der Waals surface area contributed by atoms with Crippen LogP contribution >= 0.6 is 0 Å². The van der Waals surface area contributed by atoms with Gasteiger partial charge < -0.3 is 15.4 Å². The number of aryl methyl sites for hydroxylation is 2. The second kappa shape index (κ2) is 7.52. The van der Waals surface area contributed by atoms with Crippen molar-refractivity contribution in [3.8, 4) is 5.88 Å². The fourth-order valence-corrected chi connectivity index (χ4v) is 6.05. The first kappa shape index (κ1) is 20.3. The Morgan fingerprint density at radius 1 is 1.32 bits per heavy atom. The molecule has 2 aromatic rings. The normalized spacial score (nSPS) is 23.3. The van der Waals surface area contributed by atoms with Gasteiger partial charge in [0.15, 0.2) is 9.92 Å². The quantitative estimate of drug-likeness (QED) is 0.577. The lowest BCUT2D eigenvalue weighted by Gasteiger charge is -2.24. The van der Waals surface area contributed by atoms with Crippen LogP contribution in [0.25, 0.3) is 0 Å². The molecule has 0 spiro atoms. The first-order chi connectivity index (χ1) is 14.9. The van der Waals surface area contributed by atoms with E-state index in [4.69, 9.17) is 9.52 Å². The number of fused-ring (bicyclic) bond motifs is 3. The fourth-order valence-electron chi connectivity index (χ4n) is 5.02. The Hall–Kier alpha value is -2.59. The van der Waals surface area contributed by atoms with Crippen LogP contribution in [0.3, 0.4) is 0 Å². The Kier molecular flexibility index (Phi) is 4.93. The lowest BCUT2D eigenvalue weighted by atomic mass is 9.95. The van der Waals surface area contributed by atoms with Crippen LogP contribution in [0.15, 0.2) is 17.2 Å². The molecule has 10 heteroatoms. The van der Waals surface area contributed by atoms with Crippen molar-refractivity contribution in [3.63, 3.8) is 0 Å². The zero-order valence-electron chi connectivity index (χ0n) is 17.8. The molecular weight excluding hydrogens is 416 g/mol. The van der Waals surface area contributed by atoms with Gasteiger partial charge >= 0.3 is 6.03 Å². The summed E-state index contributed by atoms with van der Waals surface area (Å²) in [5.74, 6) is 0.648. The van der Waals surface area contributed by atoms with E-state index in [2.05, 4.69) is 33.4 Å². The smallest absolute Gasteiger partial charge is 0.331 e. The van der Waals surface area contributed by atoms with Crippen LogP contribution in [0, 0.1) is 4.78 Å². The number of likely N-dealkylation sites (N-methyl/N-ethyl adjacent to an activating group) is 1. The lowest BCUT2D eigenvalue weighted by Crippen LogP contribution is -2.40. The van der Waals surface area contributed by atoms with E-state index in [1.165, 1.54) is 28.5 Å². The molecule has 5 rings (SSSR count). The largest absolute Gasteiger partial charge is 0.475 e. The molecule has 31 heavy (non-hydrogen) atoms. The highest BCUT2D eigenvalue weighted by Crippen LogP contribution is 2.43. The second-order valence-corrected chi connectivity index (χ2v) is 10.4. The minimum Gasteiger partial charge on any atom is -0.475 e. The predicted molar refractivity (Wildman–Crippen MR) is 117 cm³/mol. The van der Waals surface area contributed by atoms with Crippen LogP contribution < -0.4 is 20.1 Å². The van der Waals surface area contributed by atoms with E-state index in [0.717, 1.165) is 37.8 Å². The molecule has 2 aliphatic carbocycles. The Bertz CT molecular complexity index is 1160. The molecule has 4 N–H and O–H groups in total. The van der Waals surface area contributed by atoms with E-state index < -0.39 is 15.9 Å². The standard InChI is InChI=1S/C21H28N6O3S/c1-12-6-7-14-8-13-4-3-5-16(13)19(18(12)14)25-21(28)26-31(22,29)17-9-24-27-10-15(23-2)11-30-20(17)27/h8-9,12,15,23H,3-7,10-11H2,1-2H3,(H3,22,25,26,28,29)/t12?,15-,31?/m0/s1. The van der Waals surface area contributed by atoms with Gasteiger partial charge in [-0.2, -0.15) is 5.10 Å². The number of carbonyl (C=O) groups excluding carboxylic acids is 1. The van der Waals surface area contributed by atoms with Gasteiger partial charge in [0.25, 0.3) is 0 Å². The molecule has 166 valence electrons. The van der Waals surface area contributed by atoms with Gasteiger partial charge in [0.2, 0.25) is 5.88 Å². The summed E-state index contributed by atoms with van der Waals surface area (Å²) >= 11 is 0. The summed E-state index contributed by atoms with van der Waals surface area (Å²) in [5.41, 5.74) is 5.83. The number of hydrogen-bond acceptors (Lipinski definition) is 6. The van der Waals surface area contributed by atoms with E-state index >= 15 is 0 Å². The first-order valence-electron chi connectivity index (χ1n) is 10.8. The van der Waals surface area contributed by atoms with Crippen molar-refractivity contribution in [2.45, 2.75) is 62.4 Å². The zero-order valence-corrected chi connectivity index (χ0v) is 18.6. The summed E-state index contributed by atoms with van der Waals surface area (Å²) in [4.78, 5) is 13.0. The third-order valence-corrected chi connectivity index (χ3v) is 8.00. The molecular formula is C21H28N6O3S. The number of hydrogen-bond donors (Lipinski definition) is 4. The lowest BCUT2D eigenvalue weighted by molar-refractivity contribution is 0.184. The summed E-state index contributed by atoms with van der Waals surface area (Å²) in [7, 11) is -1.80. The van der Waals surface area contributed by atoms with Gasteiger partial charge in [0.1, 0.15) is 11.5 Å². The van der Waals surface area contributed by atoms with Crippen molar-refractivity contribution in [3.05, 3.63) is 34.5 Å². The second-order valence-electron chi connectivity index (χ2n) is 8.66. The third-order valence-electron chi connectivity index (χ3n) is 6.63. The average Bonchev–Trinajstić information content (AvgIpc) is 3.45. The molecule has 3 aliphatic rings. The molecule has 2 heterocycles. The molecule has 0 saturated heterocycles. The van der Waals surface area contributed by atoms with Crippen LogP contribution in [-0.4, -0.2) is 39.7 Å². The summed E-state index contributed by atoms with van der Waals surface area (Å²) in [6, 6.07) is 1.75. The van der Waals surface area contributed by atoms with Gasteiger partial charge in [-0.1, -0.05) is 13.0 Å². The maximum absolute atomic E-state index is 13.2. The topological polar surface area (TPSA) is 121 Å². The molecule has 2 unspecified atom stereocenters. The van der Waals surface area contributed by atoms with Gasteiger partial charge in [0.05, 0.1) is 18.8 Å². The highest BCUT2D eigenvalue weighted by atomic mass is 32.2. The summed E-state index contributed by atoms with van der Waals surface area (Å²) in [5, 5.41) is 10.3. The number of nitrogens with one attached hydrogen (secondary N) is 4. The number of urea groups is 1. The zero-order chi connectivity index (χ0) is 21.8. The minimum atomic E-state index is -3.63. The van der Waals surface area contributed by atoms with Crippen LogP contribution in [0.5, 0.6) is 5.88 Å². The molecule has 0 fully saturated rings. The first-order valence-corrected chi connectivity index (χ1v) is 12.3. The maximum Gasteiger partial charge on any atom is 0.331 e. The van der Waals surface area contributed by atoms with Crippen molar-refractivity contribution < 1.29 is 13.7 Å². The Morgan fingerprint density at radius 3 is 2.97 bits per heavy atom. The highest BCUT2D eigenvalue weighted by Gasteiger charge is 2.31. The van der Waals surface area contributed by atoms with Crippen molar-refractivity contribution in [1.29, 1.82) is 4.78 Å². The highest BCUT2D eigenvalue weighted by molar-refractivity contribution is 7.91. The number of anilines is 1. The van der Waals surface area contributed by atoms with Crippen LogP contribution in [-0.2, 0) is 35.7 Å². The van der Waals surface area contributed by atoms with Gasteiger partial charge in [0, 0.05) is 5.69 Å². The number of ether oxygens (including phenoxy) is 1. The van der Waals surface area contributed by atoms with Crippen LogP contribution in [0.1, 0.15) is 47.9 Å². The third kappa shape index (κ3) is 3.47. The van der Waals surface area contributed by atoms with E-state index in [9.17, 15) is 9.00 Å². The van der Waals surface area contributed by atoms with E-state index in [-0.39, 0.29) is 16.8 Å². The minimum absolute atomic E-state index is 0.0857. The van der Waals surface area contributed by atoms with Gasteiger partial charge in [-0.25, -0.2) is 23.2 Å². The van der Waals surface area contributed by atoms with Crippen molar-refractivity contribution in [2.75, 3.05) is 19.0 Å². The molecule has 1 aromatic heterocycles. The van der Waals surface area contributed by atoms with Gasteiger partial charge in [-0.15, -0.1) is 0 Å². The number of nitrogens with zero attached hydrogens (tertiary/aromatic N) is 2. The molecule has 9 nitrogen and oxygen atoms in total.